The largest absolute Gasteiger partial charge is 0.435 e. The molecule has 0 atom stereocenters. The molecule has 3 heteroatoms. The third-order valence-electron chi connectivity index (χ3n) is 0.333. The molecule has 7 heavy (non-hydrogen) atoms. The molecule has 0 heterocycles. The molecular formula is C4H8N2O. The minimum atomic E-state index is 1.31. The fraction of sp³-hybridized carbons (Fsp3) is 0.500. The molecule has 0 aromatic carbocycles. The summed E-state index contributed by atoms with van der Waals surface area (Å²) in [6.07, 6.45) is 2.62. The Morgan fingerprint density at radius 3 is 1.86 bits per heavy atom. The summed E-state index contributed by atoms with van der Waals surface area (Å²) in [5, 5.41) is 0. The maximum Gasteiger partial charge on any atom is 0.177 e. The van der Waals surface area contributed by atoms with Gasteiger partial charge >= 0.3 is 0 Å². The maximum absolute atomic E-state index is 4.55. The standard InChI is InChI=1S/C4H8N2O/c1-5-3-7-4-6-2/h3-4H,1-2H3/b5-3-,6-4+. The van der Waals surface area contributed by atoms with Crippen molar-refractivity contribution in [2.45, 2.75) is 0 Å². The van der Waals surface area contributed by atoms with Gasteiger partial charge in [0.2, 0.25) is 0 Å². The van der Waals surface area contributed by atoms with E-state index in [4.69, 9.17) is 0 Å². The van der Waals surface area contributed by atoms with E-state index < -0.39 is 0 Å². The lowest BCUT2D eigenvalue weighted by Crippen LogP contribution is -1.80. The van der Waals surface area contributed by atoms with E-state index in [1.165, 1.54) is 12.8 Å². The lowest BCUT2D eigenvalue weighted by atomic mass is 11.2. The average Bonchev–Trinajstić information content (AvgIpc) is 1.69. The Bertz CT molecular complexity index is 67.8. The first-order valence-corrected chi connectivity index (χ1v) is 1.88. The fourth-order valence-corrected chi connectivity index (χ4v) is 0.149. The van der Waals surface area contributed by atoms with Crippen LogP contribution in [0.1, 0.15) is 0 Å². The summed E-state index contributed by atoms with van der Waals surface area (Å²) in [6.45, 7) is 0. The quantitative estimate of drug-likeness (QED) is 0.363. The number of nitrogens with zero attached hydrogens (tertiary/aromatic N) is 2. The molecule has 0 fully saturated rings. The van der Waals surface area contributed by atoms with Crippen LogP contribution in [0.2, 0.25) is 0 Å². The molecule has 0 N–H and O–H groups in total. The van der Waals surface area contributed by atoms with Gasteiger partial charge in [0.25, 0.3) is 0 Å². The van der Waals surface area contributed by atoms with Crippen molar-refractivity contribution in [3.05, 3.63) is 0 Å². The SMILES string of the molecule is C/N=C\O/C=N/C. The highest BCUT2D eigenvalue weighted by Gasteiger charge is 1.59. The Balaban J connectivity index is 2.98. The van der Waals surface area contributed by atoms with E-state index in [1.807, 2.05) is 0 Å². The van der Waals surface area contributed by atoms with E-state index in [2.05, 4.69) is 14.7 Å². The second-order valence-corrected chi connectivity index (χ2v) is 0.863. The van der Waals surface area contributed by atoms with Crippen molar-refractivity contribution >= 4 is 12.8 Å². The highest BCUT2D eigenvalue weighted by molar-refractivity contribution is 5.63. The number of aliphatic imine (C=N–C) groups is 2. The number of hydrogen-bond acceptors (Lipinski definition) is 3. The molecule has 0 aromatic rings. The van der Waals surface area contributed by atoms with Crippen LogP contribution in [0.25, 0.3) is 0 Å². The lowest BCUT2D eigenvalue weighted by Gasteiger charge is -1.80. The highest BCUT2D eigenvalue weighted by atomic mass is 16.5. The van der Waals surface area contributed by atoms with Crippen LogP contribution in [-0.4, -0.2) is 26.9 Å². The monoisotopic (exact) mass is 100 g/mol. The molecule has 0 spiro atoms. The van der Waals surface area contributed by atoms with Crippen molar-refractivity contribution in [2.75, 3.05) is 14.1 Å². The summed E-state index contributed by atoms with van der Waals surface area (Å²) >= 11 is 0. The molecule has 3 nitrogen and oxygen atoms in total. The van der Waals surface area contributed by atoms with Gasteiger partial charge in [-0.1, -0.05) is 0 Å². The summed E-state index contributed by atoms with van der Waals surface area (Å²) in [4.78, 5) is 7.07. The van der Waals surface area contributed by atoms with Crippen LogP contribution in [0.5, 0.6) is 0 Å². The summed E-state index contributed by atoms with van der Waals surface area (Å²) in [5.74, 6) is 0. The second-order valence-electron chi connectivity index (χ2n) is 0.863. The van der Waals surface area contributed by atoms with Gasteiger partial charge in [-0.25, -0.2) is 0 Å². The van der Waals surface area contributed by atoms with Crippen LogP contribution in [0.4, 0.5) is 0 Å². The smallest absolute Gasteiger partial charge is 0.177 e. The summed E-state index contributed by atoms with van der Waals surface area (Å²) in [6, 6.07) is 0. The predicted octanol–water partition coefficient (Wildman–Crippen LogP) is 0.319. The minimum absolute atomic E-state index is 1.31. The molecule has 0 aliphatic carbocycles. The number of hydrogen-bond donors (Lipinski definition) is 0. The molecule has 0 bridgehead atoms. The van der Waals surface area contributed by atoms with Gasteiger partial charge in [-0.3, -0.25) is 9.98 Å². The Morgan fingerprint density at radius 1 is 1.14 bits per heavy atom. The van der Waals surface area contributed by atoms with E-state index in [9.17, 15) is 0 Å². The lowest BCUT2D eigenvalue weighted by molar-refractivity contribution is 0.592. The first kappa shape index (κ1) is 6.14. The molecule has 40 valence electrons. The van der Waals surface area contributed by atoms with E-state index in [-0.39, 0.29) is 0 Å². The van der Waals surface area contributed by atoms with Gasteiger partial charge in [-0.2, -0.15) is 0 Å². The molecule has 0 saturated heterocycles. The average molecular weight is 100 g/mol. The van der Waals surface area contributed by atoms with Crippen molar-refractivity contribution in [2.24, 2.45) is 9.98 Å². The topological polar surface area (TPSA) is 34.0 Å². The summed E-state index contributed by atoms with van der Waals surface area (Å²) < 4.78 is 4.55. The van der Waals surface area contributed by atoms with E-state index in [0.717, 1.165) is 0 Å². The van der Waals surface area contributed by atoms with Crippen LogP contribution in [0.3, 0.4) is 0 Å². The zero-order valence-corrected chi connectivity index (χ0v) is 4.46. The molecule has 0 rings (SSSR count). The summed E-state index contributed by atoms with van der Waals surface area (Å²) in [5.41, 5.74) is 0. The van der Waals surface area contributed by atoms with Crippen molar-refractivity contribution in [1.82, 2.24) is 0 Å². The molecule has 0 aromatic heterocycles. The first-order valence-electron chi connectivity index (χ1n) is 1.88. The Morgan fingerprint density at radius 2 is 1.57 bits per heavy atom. The highest BCUT2D eigenvalue weighted by Crippen LogP contribution is 1.57. The third kappa shape index (κ3) is 5.14. The van der Waals surface area contributed by atoms with Gasteiger partial charge in [0.05, 0.1) is 0 Å². The van der Waals surface area contributed by atoms with Crippen LogP contribution in [0, 0.1) is 0 Å². The van der Waals surface area contributed by atoms with E-state index in [0.29, 0.717) is 0 Å². The molecule has 0 aliphatic rings. The van der Waals surface area contributed by atoms with E-state index in [1.54, 1.807) is 14.1 Å². The Labute approximate surface area is 42.7 Å². The molecule has 0 aliphatic heterocycles. The van der Waals surface area contributed by atoms with Gasteiger partial charge in [-0.15, -0.1) is 0 Å². The zero-order valence-electron chi connectivity index (χ0n) is 4.46. The van der Waals surface area contributed by atoms with Crippen molar-refractivity contribution in [1.29, 1.82) is 0 Å². The van der Waals surface area contributed by atoms with Gasteiger partial charge in [0, 0.05) is 14.1 Å². The van der Waals surface area contributed by atoms with E-state index >= 15 is 0 Å². The Hall–Kier alpha value is -0.860. The molecule has 0 radical (unpaired) electrons. The van der Waals surface area contributed by atoms with Crippen LogP contribution < -0.4 is 0 Å². The Kier molecular flexibility index (Phi) is 4.51. The summed E-state index contributed by atoms with van der Waals surface area (Å²) in [7, 11) is 3.26. The van der Waals surface area contributed by atoms with Crippen molar-refractivity contribution in [3.63, 3.8) is 0 Å². The second kappa shape index (κ2) is 5.14. The molecular weight excluding hydrogens is 92.1 g/mol. The fourth-order valence-electron chi connectivity index (χ4n) is 0.149. The van der Waals surface area contributed by atoms with Gasteiger partial charge in [0.1, 0.15) is 0 Å². The van der Waals surface area contributed by atoms with Crippen molar-refractivity contribution in [3.8, 4) is 0 Å². The predicted molar refractivity (Wildman–Crippen MR) is 29.9 cm³/mol. The van der Waals surface area contributed by atoms with Gasteiger partial charge in [0.15, 0.2) is 12.8 Å². The molecule has 0 unspecified atom stereocenters. The van der Waals surface area contributed by atoms with Crippen LogP contribution in [-0.2, 0) is 4.74 Å². The van der Waals surface area contributed by atoms with Crippen molar-refractivity contribution < 1.29 is 4.74 Å². The number of ether oxygens (including phenoxy) is 1. The number of rotatable bonds is 2. The maximum atomic E-state index is 4.55. The van der Waals surface area contributed by atoms with Gasteiger partial charge in [-0.05, 0) is 0 Å². The van der Waals surface area contributed by atoms with Crippen LogP contribution >= 0.6 is 0 Å². The zero-order chi connectivity index (χ0) is 5.54. The normalized spacial score (nSPS) is 11.1. The van der Waals surface area contributed by atoms with Crippen LogP contribution in [0.15, 0.2) is 9.98 Å². The minimum Gasteiger partial charge on any atom is -0.435 e. The van der Waals surface area contributed by atoms with Gasteiger partial charge < -0.3 is 4.74 Å². The third-order valence-corrected chi connectivity index (χ3v) is 0.333. The first-order chi connectivity index (χ1) is 3.41. The molecule has 0 amide bonds. The molecule has 0 saturated carbocycles.